The van der Waals surface area contributed by atoms with E-state index in [9.17, 15) is 9.59 Å². The number of nitrogens with zero attached hydrogens (tertiary/aromatic N) is 1. The minimum atomic E-state index is -0.419. The molecule has 2 heterocycles. The molecule has 28 heavy (non-hydrogen) atoms. The predicted molar refractivity (Wildman–Crippen MR) is 103 cm³/mol. The minimum absolute atomic E-state index is 0.188. The molecule has 1 aromatic carbocycles. The zero-order valence-electron chi connectivity index (χ0n) is 16.3. The maximum absolute atomic E-state index is 12.5. The average Bonchev–Trinajstić information content (AvgIpc) is 2.98. The van der Waals surface area contributed by atoms with Crippen molar-refractivity contribution in [2.24, 2.45) is 5.73 Å². The molecule has 154 valence electrons. The summed E-state index contributed by atoms with van der Waals surface area (Å²) >= 11 is 0. The maximum atomic E-state index is 12.5. The lowest BCUT2D eigenvalue weighted by molar-refractivity contribution is -0.139. The first-order chi connectivity index (χ1) is 13.5. The van der Waals surface area contributed by atoms with Gasteiger partial charge in [-0.05, 0) is 17.5 Å². The summed E-state index contributed by atoms with van der Waals surface area (Å²) in [6.07, 6.45) is 1.07. The van der Waals surface area contributed by atoms with Gasteiger partial charge in [-0.15, -0.1) is 0 Å². The number of hydrogen-bond donors (Lipinski definition) is 4. The van der Waals surface area contributed by atoms with Gasteiger partial charge in [-0.25, -0.2) is 4.79 Å². The minimum Gasteiger partial charge on any atom is -0.469 e. The van der Waals surface area contributed by atoms with Crippen molar-refractivity contribution in [2.45, 2.75) is 57.5 Å². The molecule has 2 amide bonds. The van der Waals surface area contributed by atoms with Gasteiger partial charge in [0.1, 0.15) is 6.17 Å². The number of ether oxygens (including phenoxy) is 2. The fourth-order valence-electron chi connectivity index (χ4n) is 3.47. The molecule has 3 rings (SSSR count). The topological polar surface area (TPSA) is 118 Å². The highest BCUT2D eigenvalue weighted by Gasteiger charge is 2.46. The zero-order valence-corrected chi connectivity index (χ0v) is 16.3. The van der Waals surface area contributed by atoms with Crippen LogP contribution >= 0.6 is 0 Å². The highest BCUT2D eigenvalue weighted by molar-refractivity contribution is 5.78. The summed E-state index contributed by atoms with van der Waals surface area (Å²) in [5.74, 6) is -0.297. The van der Waals surface area contributed by atoms with E-state index < -0.39 is 12.5 Å². The van der Waals surface area contributed by atoms with Crippen LogP contribution in [0, 0.1) is 0 Å². The van der Waals surface area contributed by atoms with Crippen LogP contribution in [0.25, 0.3) is 0 Å². The highest BCUT2D eigenvalue weighted by atomic mass is 16.5. The van der Waals surface area contributed by atoms with Gasteiger partial charge in [-0.2, -0.15) is 0 Å². The second-order valence-electron chi connectivity index (χ2n) is 7.08. The lowest BCUT2D eigenvalue weighted by atomic mass is 10.1. The van der Waals surface area contributed by atoms with E-state index in [1.54, 1.807) is 4.90 Å². The van der Waals surface area contributed by atoms with E-state index in [1.165, 1.54) is 7.11 Å². The summed E-state index contributed by atoms with van der Waals surface area (Å²) in [5, 5.41) is 9.38. The van der Waals surface area contributed by atoms with Crippen molar-refractivity contribution < 1.29 is 19.1 Å². The van der Waals surface area contributed by atoms with Crippen LogP contribution < -0.4 is 21.7 Å². The maximum Gasteiger partial charge on any atom is 0.319 e. The smallest absolute Gasteiger partial charge is 0.319 e. The van der Waals surface area contributed by atoms with E-state index in [4.69, 9.17) is 15.2 Å². The number of nitrogens with two attached hydrogens (primary N) is 1. The highest BCUT2D eigenvalue weighted by Crippen LogP contribution is 2.21. The Labute approximate surface area is 164 Å². The van der Waals surface area contributed by atoms with Gasteiger partial charge in [-0.3, -0.25) is 15.4 Å². The van der Waals surface area contributed by atoms with Crippen molar-refractivity contribution in [3.63, 3.8) is 0 Å². The second-order valence-corrected chi connectivity index (χ2v) is 7.08. The summed E-state index contributed by atoms with van der Waals surface area (Å²) in [6.45, 7) is 3.11. The second kappa shape index (κ2) is 9.33. The molecule has 0 radical (unpaired) electrons. The number of rotatable bonds is 8. The van der Waals surface area contributed by atoms with Crippen LogP contribution in [0.15, 0.2) is 24.3 Å². The molecule has 5 N–H and O–H groups in total. The summed E-state index contributed by atoms with van der Waals surface area (Å²) in [6, 6.07) is 7.12. The first-order valence-corrected chi connectivity index (χ1v) is 9.63. The zero-order chi connectivity index (χ0) is 20.1. The number of carbonyl (C=O) groups excluding carboxylic acids is 2. The Bertz CT molecular complexity index is 701. The first-order valence-electron chi connectivity index (χ1n) is 9.63. The summed E-state index contributed by atoms with van der Waals surface area (Å²) < 4.78 is 10.5. The van der Waals surface area contributed by atoms with Gasteiger partial charge in [0, 0.05) is 6.54 Å². The molecular weight excluding hydrogens is 362 g/mol. The lowest BCUT2D eigenvalue weighted by Crippen LogP contribution is -2.72. The standard InChI is InChI=1S/C19H29N5O4/c1-3-4-8-28-18-22-16(20)15-17(23-18)24(19(26)21-15)11-13-7-5-6-12(9-13)10-14(25)27-2/h5-7,9,15-18,22-23H,3-4,8,10-11,20H2,1-2H3,(H,21,26). The van der Waals surface area contributed by atoms with E-state index in [1.807, 2.05) is 24.3 Å². The predicted octanol–water partition coefficient (Wildman–Crippen LogP) is 0.200. The average molecular weight is 391 g/mol. The van der Waals surface area contributed by atoms with Gasteiger partial charge in [0.2, 0.25) is 0 Å². The van der Waals surface area contributed by atoms with Crippen molar-refractivity contribution in [2.75, 3.05) is 13.7 Å². The Kier molecular flexibility index (Phi) is 6.84. The number of methoxy groups -OCH3 is 1. The molecule has 0 spiro atoms. The molecule has 1 aromatic rings. The Hall–Kier alpha value is -2.20. The number of nitrogens with one attached hydrogen (secondary N) is 3. The van der Waals surface area contributed by atoms with Gasteiger partial charge in [0.15, 0.2) is 6.35 Å². The molecular formula is C19H29N5O4. The van der Waals surface area contributed by atoms with Gasteiger partial charge in [0.25, 0.3) is 0 Å². The Morgan fingerprint density at radius 3 is 2.82 bits per heavy atom. The molecule has 9 nitrogen and oxygen atoms in total. The third kappa shape index (κ3) is 4.79. The molecule has 0 aromatic heterocycles. The fraction of sp³-hybridized carbons (Fsp3) is 0.579. The molecule has 2 saturated heterocycles. The monoisotopic (exact) mass is 391 g/mol. The molecule has 4 atom stereocenters. The molecule has 0 bridgehead atoms. The number of urea groups is 1. The molecule has 2 aliphatic rings. The van der Waals surface area contributed by atoms with E-state index in [-0.39, 0.29) is 30.6 Å². The number of fused-ring (bicyclic) bond motifs is 1. The Morgan fingerprint density at radius 2 is 2.07 bits per heavy atom. The van der Waals surface area contributed by atoms with Crippen LogP contribution in [0.3, 0.4) is 0 Å². The van der Waals surface area contributed by atoms with Crippen LogP contribution in [0.2, 0.25) is 0 Å². The SMILES string of the molecule is CCCCOC1NC(N)C2NC(=O)N(Cc3cccc(CC(=O)OC)c3)C2N1. The van der Waals surface area contributed by atoms with E-state index in [2.05, 4.69) is 22.9 Å². The van der Waals surface area contributed by atoms with Crippen molar-refractivity contribution in [1.29, 1.82) is 0 Å². The molecule has 2 fully saturated rings. The molecule has 4 unspecified atom stereocenters. The van der Waals surface area contributed by atoms with Crippen LogP contribution in [0.5, 0.6) is 0 Å². The first kappa shape index (κ1) is 20.5. The van der Waals surface area contributed by atoms with Crippen LogP contribution in [-0.2, 0) is 27.2 Å². The number of benzene rings is 1. The van der Waals surface area contributed by atoms with Gasteiger partial charge in [-0.1, -0.05) is 37.6 Å². The van der Waals surface area contributed by atoms with Crippen molar-refractivity contribution in [3.05, 3.63) is 35.4 Å². The molecule has 2 aliphatic heterocycles. The van der Waals surface area contributed by atoms with Crippen molar-refractivity contribution >= 4 is 12.0 Å². The fourth-order valence-corrected chi connectivity index (χ4v) is 3.47. The van der Waals surface area contributed by atoms with E-state index >= 15 is 0 Å². The van der Waals surface area contributed by atoms with Crippen molar-refractivity contribution in [1.82, 2.24) is 20.9 Å². The number of esters is 1. The number of amides is 2. The van der Waals surface area contributed by atoms with Gasteiger partial charge in [0.05, 0.1) is 32.3 Å². The number of unbranched alkanes of at least 4 members (excludes halogenated alkanes) is 1. The van der Waals surface area contributed by atoms with E-state index in [0.29, 0.717) is 13.2 Å². The largest absolute Gasteiger partial charge is 0.469 e. The molecule has 0 aliphatic carbocycles. The van der Waals surface area contributed by atoms with Gasteiger partial charge < -0.3 is 25.4 Å². The number of hydrogen-bond acceptors (Lipinski definition) is 7. The van der Waals surface area contributed by atoms with Crippen molar-refractivity contribution in [3.8, 4) is 0 Å². The third-order valence-corrected chi connectivity index (χ3v) is 4.98. The van der Waals surface area contributed by atoms with Gasteiger partial charge >= 0.3 is 12.0 Å². The molecule has 0 saturated carbocycles. The quantitative estimate of drug-likeness (QED) is 0.369. The lowest BCUT2D eigenvalue weighted by Gasteiger charge is -2.40. The summed E-state index contributed by atoms with van der Waals surface area (Å²) in [5.41, 5.74) is 7.97. The van der Waals surface area contributed by atoms with Crippen LogP contribution in [0.1, 0.15) is 30.9 Å². The summed E-state index contributed by atoms with van der Waals surface area (Å²) in [7, 11) is 1.37. The Balaban J connectivity index is 1.68. The van der Waals surface area contributed by atoms with E-state index in [0.717, 1.165) is 24.0 Å². The van der Waals surface area contributed by atoms with Crippen LogP contribution in [-0.4, -0.2) is 55.3 Å². The Morgan fingerprint density at radius 1 is 1.29 bits per heavy atom. The van der Waals surface area contributed by atoms with Crippen LogP contribution in [0.4, 0.5) is 4.79 Å². The number of carbonyl (C=O) groups is 2. The summed E-state index contributed by atoms with van der Waals surface area (Å²) in [4.78, 5) is 25.8. The normalized spacial score (nSPS) is 26.7. The molecule has 9 heteroatoms. The third-order valence-electron chi connectivity index (χ3n) is 4.98.